The van der Waals surface area contributed by atoms with Crippen LogP contribution in [-0.2, 0) is 19.5 Å². The zero-order chi connectivity index (χ0) is 18.0. The van der Waals surface area contributed by atoms with E-state index in [9.17, 15) is 0 Å². The van der Waals surface area contributed by atoms with Gasteiger partial charge in [0.15, 0.2) is 0 Å². The zero-order valence-electron chi connectivity index (χ0n) is 15.3. The average Bonchev–Trinajstić information content (AvgIpc) is 2.66. The Bertz CT molecular complexity index is 889. The first kappa shape index (κ1) is 16.6. The summed E-state index contributed by atoms with van der Waals surface area (Å²) in [6.07, 6.45) is 2.67. The molecule has 0 fully saturated rings. The summed E-state index contributed by atoms with van der Waals surface area (Å²) in [4.78, 5) is 11.3. The summed E-state index contributed by atoms with van der Waals surface area (Å²) in [7, 11) is 0. The molecule has 0 amide bonds. The van der Waals surface area contributed by atoms with Crippen LogP contribution in [0.2, 0.25) is 0 Å². The number of hydrogen-bond acceptors (Lipinski definition) is 4. The lowest BCUT2D eigenvalue weighted by Crippen LogP contribution is -2.49. The fourth-order valence-electron chi connectivity index (χ4n) is 3.60. The van der Waals surface area contributed by atoms with Crippen molar-refractivity contribution in [2.75, 3.05) is 10.2 Å². The van der Waals surface area contributed by atoms with Crippen LogP contribution in [0.25, 0.3) is 0 Å². The highest BCUT2D eigenvalue weighted by Crippen LogP contribution is 2.34. The highest BCUT2D eigenvalue weighted by Gasteiger charge is 2.33. The van der Waals surface area contributed by atoms with Crippen LogP contribution in [0, 0.1) is 0 Å². The van der Waals surface area contributed by atoms with Gasteiger partial charge in [-0.2, -0.15) is 0 Å². The van der Waals surface area contributed by atoms with E-state index < -0.39 is 0 Å². The Hall–Kier alpha value is -2.88. The van der Waals surface area contributed by atoms with Crippen LogP contribution in [0.1, 0.15) is 30.5 Å². The molecule has 0 unspecified atom stereocenters. The Labute approximate surface area is 154 Å². The van der Waals surface area contributed by atoms with Gasteiger partial charge >= 0.3 is 0 Å². The highest BCUT2D eigenvalue weighted by atomic mass is 15.3. The van der Waals surface area contributed by atoms with Crippen molar-refractivity contribution in [1.29, 1.82) is 0 Å². The van der Waals surface area contributed by atoms with Gasteiger partial charge in [0.05, 0.1) is 0 Å². The Morgan fingerprint density at radius 3 is 2.50 bits per heavy atom. The predicted octanol–water partition coefficient (Wildman–Crippen LogP) is 4.43. The molecule has 1 aliphatic heterocycles. The maximum atomic E-state index is 4.56. The molecule has 2 heterocycles. The van der Waals surface area contributed by atoms with E-state index in [2.05, 4.69) is 88.6 Å². The summed E-state index contributed by atoms with van der Waals surface area (Å²) in [5.41, 5.74) is 4.06. The van der Waals surface area contributed by atoms with Gasteiger partial charge < -0.3 is 10.2 Å². The van der Waals surface area contributed by atoms with Crippen LogP contribution in [0.3, 0.4) is 0 Å². The Balaban J connectivity index is 1.56. The molecule has 0 saturated carbocycles. The van der Waals surface area contributed by atoms with Crippen molar-refractivity contribution in [3.8, 4) is 0 Å². The normalized spacial score (nSPS) is 15.4. The number of nitrogens with one attached hydrogen (secondary N) is 1. The maximum absolute atomic E-state index is 4.56. The third-order valence-corrected chi connectivity index (χ3v) is 5.05. The second-order valence-electron chi connectivity index (χ2n) is 7.44. The molecule has 0 bridgehead atoms. The quantitative estimate of drug-likeness (QED) is 0.760. The molecular formula is C22H24N4. The molecule has 1 N–H and O–H groups in total. The third kappa shape index (κ3) is 3.40. The molecule has 4 rings (SSSR count). The molecular weight excluding hydrogens is 320 g/mol. The van der Waals surface area contributed by atoms with Crippen molar-refractivity contribution < 1.29 is 0 Å². The van der Waals surface area contributed by atoms with Gasteiger partial charge in [0.1, 0.15) is 18.0 Å². The van der Waals surface area contributed by atoms with Crippen LogP contribution in [0.5, 0.6) is 0 Å². The second-order valence-corrected chi connectivity index (χ2v) is 7.44. The summed E-state index contributed by atoms with van der Waals surface area (Å²) >= 11 is 0. The van der Waals surface area contributed by atoms with Crippen LogP contribution in [0.4, 0.5) is 11.6 Å². The molecule has 4 nitrogen and oxygen atoms in total. The van der Waals surface area contributed by atoms with Crippen molar-refractivity contribution in [1.82, 2.24) is 9.97 Å². The first-order chi connectivity index (χ1) is 12.6. The number of hydrogen-bond donors (Lipinski definition) is 1. The number of rotatable bonds is 4. The van der Waals surface area contributed by atoms with Crippen LogP contribution >= 0.6 is 0 Å². The summed E-state index contributed by atoms with van der Waals surface area (Å²) in [5.74, 6) is 1.82. The summed E-state index contributed by atoms with van der Waals surface area (Å²) < 4.78 is 0. The predicted molar refractivity (Wildman–Crippen MR) is 106 cm³/mol. The lowest BCUT2D eigenvalue weighted by molar-refractivity contribution is 0.427. The molecule has 0 atom stereocenters. The summed E-state index contributed by atoms with van der Waals surface area (Å²) in [5, 5.41) is 3.41. The van der Waals surface area contributed by atoms with Gasteiger partial charge in [-0.1, -0.05) is 54.6 Å². The third-order valence-electron chi connectivity index (χ3n) is 5.05. The largest absolute Gasteiger partial charge is 0.366 e. The van der Waals surface area contributed by atoms with Crippen molar-refractivity contribution in [3.63, 3.8) is 0 Å². The van der Waals surface area contributed by atoms with Gasteiger partial charge in [-0.05, 0) is 37.0 Å². The summed E-state index contributed by atoms with van der Waals surface area (Å²) in [6, 6.07) is 21.1. The van der Waals surface area contributed by atoms with Crippen molar-refractivity contribution >= 4 is 11.6 Å². The molecule has 0 spiro atoms. The molecule has 0 radical (unpaired) electrons. The fourth-order valence-corrected chi connectivity index (χ4v) is 3.60. The van der Waals surface area contributed by atoms with E-state index in [1.54, 1.807) is 6.33 Å². The monoisotopic (exact) mass is 344 g/mol. The lowest BCUT2D eigenvalue weighted by Gasteiger charge is -2.44. The number of fused-ring (bicyclic) bond motifs is 1. The van der Waals surface area contributed by atoms with E-state index in [0.29, 0.717) is 0 Å². The SMILES string of the molecule is CC1(C)Cc2ccccc2CN1c1cc(NCc2ccccc2)ncn1. The van der Waals surface area contributed by atoms with Gasteiger partial charge in [-0.15, -0.1) is 0 Å². The van der Waals surface area contributed by atoms with E-state index >= 15 is 0 Å². The standard InChI is InChI=1S/C22H24N4/c1-22(2)13-18-10-6-7-11-19(18)15-26(22)21-12-20(24-16-25-21)23-14-17-8-4-3-5-9-17/h3-12,16H,13-15H2,1-2H3,(H,23,24,25). The average molecular weight is 344 g/mol. The van der Waals surface area contributed by atoms with Gasteiger partial charge in [0.25, 0.3) is 0 Å². The van der Waals surface area contributed by atoms with Gasteiger partial charge in [-0.25, -0.2) is 9.97 Å². The van der Waals surface area contributed by atoms with Gasteiger partial charge in [0.2, 0.25) is 0 Å². The molecule has 26 heavy (non-hydrogen) atoms. The number of anilines is 2. The molecule has 4 heteroatoms. The van der Waals surface area contributed by atoms with E-state index in [0.717, 1.165) is 31.1 Å². The first-order valence-electron chi connectivity index (χ1n) is 9.06. The fraction of sp³-hybridized carbons (Fsp3) is 0.273. The molecule has 132 valence electrons. The van der Waals surface area contributed by atoms with Crippen LogP contribution in [-0.4, -0.2) is 15.5 Å². The number of aromatic nitrogens is 2. The Morgan fingerprint density at radius 1 is 0.962 bits per heavy atom. The topological polar surface area (TPSA) is 41.0 Å². The smallest absolute Gasteiger partial charge is 0.134 e. The van der Waals surface area contributed by atoms with E-state index in [-0.39, 0.29) is 5.54 Å². The molecule has 2 aromatic carbocycles. The minimum atomic E-state index is 0.0133. The molecule has 1 aromatic heterocycles. The van der Waals surface area contributed by atoms with E-state index in [4.69, 9.17) is 0 Å². The number of nitrogens with zero attached hydrogens (tertiary/aromatic N) is 3. The van der Waals surface area contributed by atoms with Crippen molar-refractivity contribution in [2.45, 2.75) is 38.9 Å². The maximum Gasteiger partial charge on any atom is 0.134 e. The van der Waals surface area contributed by atoms with Crippen molar-refractivity contribution in [3.05, 3.63) is 83.7 Å². The second kappa shape index (κ2) is 6.79. The minimum Gasteiger partial charge on any atom is -0.366 e. The van der Waals surface area contributed by atoms with Crippen LogP contribution < -0.4 is 10.2 Å². The van der Waals surface area contributed by atoms with Crippen LogP contribution in [0.15, 0.2) is 67.0 Å². The molecule has 0 saturated heterocycles. The van der Waals surface area contributed by atoms with Gasteiger partial charge in [-0.3, -0.25) is 0 Å². The Morgan fingerprint density at radius 2 is 1.69 bits per heavy atom. The summed E-state index contributed by atoms with van der Waals surface area (Å²) in [6.45, 7) is 6.19. The number of benzene rings is 2. The molecule has 0 aliphatic carbocycles. The van der Waals surface area contributed by atoms with Crippen molar-refractivity contribution in [2.24, 2.45) is 0 Å². The first-order valence-corrected chi connectivity index (χ1v) is 9.06. The molecule has 3 aromatic rings. The van der Waals surface area contributed by atoms with E-state index in [1.807, 2.05) is 6.07 Å². The van der Waals surface area contributed by atoms with E-state index in [1.165, 1.54) is 16.7 Å². The highest BCUT2D eigenvalue weighted by molar-refractivity contribution is 5.53. The Kier molecular flexibility index (Phi) is 4.33. The lowest BCUT2D eigenvalue weighted by atomic mass is 9.85. The molecule has 1 aliphatic rings. The van der Waals surface area contributed by atoms with Gasteiger partial charge in [0, 0.05) is 24.7 Å². The zero-order valence-corrected chi connectivity index (χ0v) is 15.3. The minimum absolute atomic E-state index is 0.0133.